The zero-order valence-corrected chi connectivity index (χ0v) is 9.65. The fourth-order valence-corrected chi connectivity index (χ4v) is 1.73. The number of hydrogen-bond acceptors (Lipinski definition) is 5. The summed E-state index contributed by atoms with van der Waals surface area (Å²) in [5.74, 6) is -0.111. The Labute approximate surface area is 104 Å². The molecule has 6 nitrogen and oxygen atoms in total. The van der Waals surface area contributed by atoms with E-state index >= 15 is 0 Å². The van der Waals surface area contributed by atoms with E-state index in [4.69, 9.17) is 5.11 Å². The molecular weight excluding hydrogens is 236 g/mol. The predicted molar refractivity (Wildman–Crippen MR) is 63.8 cm³/mol. The molecule has 1 aromatic carbocycles. The molecule has 3 N–H and O–H groups in total. The molecule has 1 atom stereocenters. The Morgan fingerprint density at radius 3 is 2.89 bits per heavy atom. The number of rotatable bonds is 4. The van der Waals surface area contributed by atoms with Crippen molar-refractivity contribution in [2.45, 2.75) is 19.1 Å². The topological polar surface area (TPSA) is 93.4 Å². The Balaban J connectivity index is 2.10. The third-order valence-corrected chi connectivity index (χ3v) is 2.67. The van der Waals surface area contributed by atoms with E-state index in [1.165, 1.54) is 5.01 Å². The maximum Gasteiger partial charge on any atom is 0.248 e. The summed E-state index contributed by atoms with van der Waals surface area (Å²) in [6, 6.07) is 6.53. The highest BCUT2D eigenvalue weighted by Crippen LogP contribution is 2.17. The second kappa shape index (κ2) is 5.16. The van der Waals surface area contributed by atoms with E-state index in [0.717, 1.165) is 5.56 Å². The van der Waals surface area contributed by atoms with Gasteiger partial charge in [-0.25, -0.2) is 5.01 Å². The smallest absolute Gasteiger partial charge is 0.248 e. The van der Waals surface area contributed by atoms with Crippen molar-refractivity contribution >= 4 is 11.6 Å². The van der Waals surface area contributed by atoms with Crippen molar-refractivity contribution in [2.24, 2.45) is 5.10 Å². The van der Waals surface area contributed by atoms with Gasteiger partial charge in [0.1, 0.15) is 11.9 Å². The number of phenols is 1. The maximum atomic E-state index is 11.7. The van der Waals surface area contributed by atoms with Crippen LogP contribution in [-0.2, 0) is 11.3 Å². The SMILES string of the molecule is O=C1CC([C@H](O)CO)=NN1Cc1cccc(O)c1. The molecule has 6 heteroatoms. The molecule has 1 heterocycles. The van der Waals surface area contributed by atoms with Gasteiger partial charge in [0.05, 0.1) is 25.3 Å². The van der Waals surface area contributed by atoms with Crippen molar-refractivity contribution in [3.63, 3.8) is 0 Å². The Hall–Kier alpha value is -1.92. The number of aromatic hydroxyl groups is 1. The van der Waals surface area contributed by atoms with E-state index in [9.17, 15) is 15.0 Å². The van der Waals surface area contributed by atoms with Gasteiger partial charge < -0.3 is 15.3 Å². The number of benzene rings is 1. The average Bonchev–Trinajstić information content (AvgIpc) is 2.70. The molecule has 1 aromatic rings. The average molecular weight is 250 g/mol. The first-order valence-electron chi connectivity index (χ1n) is 5.54. The van der Waals surface area contributed by atoms with Gasteiger partial charge in [-0.2, -0.15) is 5.10 Å². The number of aliphatic hydroxyl groups excluding tert-OH is 2. The summed E-state index contributed by atoms with van der Waals surface area (Å²) in [4.78, 5) is 11.7. The maximum absolute atomic E-state index is 11.7. The van der Waals surface area contributed by atoms with Crippen molar-refractivity contribution in [2.75, 3.05) is 6.61 Å². The second-order valence-corrected chi connectivity index (χ2v) is 4.09. The van der Waals surface area contributed by atoms with Gasteiger partial charge in [0, 0.05) is 0 Å². The Bertz CT molecular complexity index is 487. The molecule has 1 aliphatic heterocycles. The van der Waals surface area contributed by atoms with Crippen LogP contribution in [0.3, 0.4) is 0 Å². The van der Waals surface area contributed by atoms with Crippen LogP contribution in [0.2, 0.25) is 0 Å². The zero-order valence-electron chi connectivity index (χ0n) is 9.65. The van der Waals surface area contributed by atoms with E-state index in [2.05, 4.69) is 5.10 Å². The van der Waals surface area contributed by atoms with Gasteiger partial charge in [-0.15, -0.1) is 0 Å². The first kappa shape index (κ1) is 12.5. The fraction of sp³-hybridized carbons (Fsp3) is 0.333. The van der Waals surface area contributed by atoms with Gasteiger partial charge in [-0.05, 0) is 17.7 Å². The van der Waals surface area contributed by atoms with Crippen LogP contribution in [0.1, 0.15) is 12.0 Å². The Morgan fingerprint density at radius 1 is 1.44 bits per heavy atom. The zero-order chi connectivity index (χ0) is 13.1. The van der Waals surface area contributed by atoms with E-state index in [1.807, 2.05) is 0 Å². The van der Waals surface area contributed by atoms with Gasteiger partial charge in [-0.1, -0.05) is 12.1 Å². The number of phenolic OH excluding ortho intramolecular Hbond substituents is 1. The van der Waals surface area contributed by atoms with Crippen LogP contribution in [0.15, 0.2) is 29.4 Å². The first-order chi connectivity index (χ1) is 8.60. The van der Waals surface area contributed by atoms with Crippen molar-refractivity contribution in [1.82, 2.24) is 5.01 Å². The summed E-state index contributed by atoms with van der Waals surface area (Å²) < 4.78 is 0. The quantitative estimate of drug-likeness (QED) is 0.692. The molecule has 1 amide bonds. The molecule has 0 spiro atoms. The molecule has 0 fully saturated rings. The number of nitrogens with zero attached hydrogens (tertiary/aromatic N) is 2. The first-order valence-corrected chi connectivity index (χ1v) is 5.54. The summed E-state index contributed by atoms with van der Waals surface area (Å²) >= 11 is 0. The fourth-order valence-electron chi connectivity index (χ4n) is 1.73. The highest BCUT2D eigenvalue weighted by Gasteiger charge is 2.27. The van der Waals surface area contributed by atoms with Crippen LogP contribution < -0.4 is 0 Å². The molecule has 18 heavy (non-hydrogen) atoms. The standard InChI is InChI=1S/C12H14N2O4/c15-7-11(17)10-5-12(18)14(13-10)6-8-2-1-3-9(16)4-8/h1-4,11,15-17H,5-7H2/t11-/m1/s1. The molecule has 0 saturated heterocycles. The van der Waals surface area contributed by atoms with Crippen LogP contribution >= 0.6 is 0 Å². The van der Waals surface area contributed by atoms with Gasteiger partial charge >= 0.3 is 0 Å². The van der Waals surface area contributed by atoms with Gasteiger partial charge in [0.25, 0.3) is 0 Å². The lowest BCUT2D eigenvalue weighted by Gasteiger charge is -2.11. The lowest BCUT2D eigenvalue weighted by Crippen LogP contribution is -2.23. The number of hydrogen-bond donors (Lipinski definition) is 3. The lowest BCUT2D eigenvalue weighted by atomic mass is 10.1. The number of amides is 1. The number of carbonyl (C=O) groups excluding carboxylic acids is 1. The Morgan fingerprint density at radius 2 is 2.22 bits per heavy atom. The van der Waals surface area contributed by atoms with E-state index in [1.54, 1.807) is 24.3 Å². The van der Waals surface area contributed by atoms with Gasteiger partial charge in [-0.3, -0.25) is 4.79 Å². The molecule has 0 bridgehead atoms. The molecule has 0 radical (unpaired) electrons. The van der Waals surface area contributed by atoms with Gasteiger partial charge in [0.2, 0.25) is 5.91 Å². The van der Waals surface area contributed by atoms with Crippen molar-refractivity contribution < 1.29 is 20.1 Å². The van der Waals surface area contributed by atoms with Crippen LogP contribution in [0.25, 0.3) is 0 Å². The summed E-state index contributed by atoms with van der Waals surface area (Å²) in [6.07, 6.45) is -1.08. The second-order valence-electron chi connectivity index (χ2n) is 4.09. The van der Waals surface area contributed by atoms with Gasteiger partial charge in [0.15, 0.2) is 0 Å². The van der Waals surface area contributed by atoms with Crippen molar-refractivity contribution in [3.8, 4) is 5.75 Å². The van der Waals surface area contributed by atoms with Crippen molar-refractivity contribution in [3.05, 3.63) is 29.8 Å². The summed E-state index contributed by atoms with van der Waals surface area (Å²) in [7, 11) is 0. The summed E-state index contributed by atoms with van der Waals surface area (Å²) in [5.41, 5.74) is 1.01. The van der Waals surface area contributed by atoms with Crippen molar-refractivity contribution in [1.29, 1.82) is 0 Å². The number of aliphatic hydroxyl groups is 2. The van der Waals surface area contributed by atoms with E-state index in [-0.39, 0.29) is 30.3 Å². The van der Waals surface area contributed by atoms with Crippen LogP contribution in [0.4, 0.5) is 0 Å². The number of carbonyl (C=O) groups is 1. The number of hydrazone groups is 1. The molecule has 96 valence electrons. The minimum Gasteiger partial charge on any atom is -0.508 e. The van der Waals surface area contributed by atoms with Crippen LogP contribution in [-0.4, -0.2) is 44.7 Å². The van der Waals surface area contributed by atoms with E-state index in [0.29, 0.717) is 0 Å². The molecule has 0 unspecified atom stereocenters. The largest absolute Gasteiger partial charge is 0.508 e. The molecule has 0 aliphatic carbocycles. The normalized spacial score (nSPS) is 16.9. The Kier molecular flexibility index (Phi) is 3.59. The van der Waals surface area contributed by atoms with E-state index < -0.39 is 12.7 Å². The minimum absolute atomic E-state index is 0.0144. The minimum atomic E-state index is -1.09. The van der Waals surface area contributed by atoms with Crippen LogP contribution in [0.5, 0.6) is 5.75 Å². The van der Waals surface area contributed by atoms with Crippen LogP contribution in [0, 0.1) is 0 Å². The molecule has 0 aromatic heterocycles. The third kappa shape index (κ3) is 2.66. The molecule has 1 aliphatic rings. The molecular formula is C12H14N2O4. The lowest BCUT2D eigenvalue weighted by molar-refractivity contribution is -0.129. The third-order valence-electron chi connectivity index (χ3n) is 2.67. The molecule has 2 rings (SSSR count). The predicted octanol–water partition coefficient (Wildman–Crippen LogP) is -0.166. The highest BCUT2D eigenvalue weighted by molar-refractivity contribution is 6.06. The highest BCUT2D eigenvalue weighted by atomic mass is 16.3. The monoisotopic (exact) mass is 250 g/mol. The summed E-state index contributed by atoms with van der Waals surface area (Å²) in [5, 5.41) is 32.7. The molecule has 0 saturated carbocycles. The summed E-state index contributed by atoms with van der Waals surface area (Å²) in [6.45, 7) is -0.221.